The number of hydrogen-bond donors (Lipinski definition) is 2. The Morgan fingerprint density at radius 3 is 2.14 bits per heavy atom. The third-order valence-electron chi connectivity index (χ3n) is 5.65. The number of nitrogens with zero attached hydrogens (tertiary/aromatic N) is 1. The maximum Gasteiger partial charge on any atom is 0.0606 e. The van der Waals surface area contributed by atoms with Gasteiger partial charge < -0.3 is 15.6 Å². The van der Waals surface area contributed by atoms with Crippen LogP contribution in [0.15, 0.2) is 91.0 Å². The first kappa shape index (κ1) is 17.5. The van der Waals surface area contributed by atoms with E-state index in [0.717, 1.165) is 16.9 Å². The van der Waals surface area contributed by atoms with Crippen molar-refractivity contribution in [2.24, 2.45) is 5.73 Å². The zero-order chi connectivity index (χ0) is 19.8. The first-order valence-electron chi connectivity index (χ1n) is 9.90. The van der Waals surface area contributed by atoms with Crippen molar-refractivity contribution in [3.63, 3.8) is 0 Å². The molecule has 0 unspecified atom stereocenters. The van der Waals surface area contributed by atoms with Crippen LogP contribution in [0.3, 0.4) is 0 Å². The van der Waals surface area contributed by atoms with Crippen LogP contribution in [-0.2, 0) is 6.54 Å². The average molecular weight is 377 g/mol. The molecule has 0 bridgehead atoms. The molecule has 0 aliphatic carbocycles. The fourth-order valence-corrected chi connectivity index (χ4v) is 4.27. The van der Waals surface area contributed by atoms with Crippen LogP contribution in [-0.4, -0.2) is 11.6 Å². The van der Waals surface area contributed by atoms with Gasteiger partial charge in [-0.05, 0) is 35.4 Å². The number of benzene rings is 4. The molecule has 0 amide bonds. The lowest BCUT2D eigenvalue weighted by molar-refractivity contribution is 1.06. The highest BCUT2D eigenvalue weighted by Crippen LogP contribution is 2.37. The molecule has 3 nitrogen and oxygen atoms in total. The SMILES string of the molecule is CNc1ccc2c3ccccc3n(-c3ccc(-c4ccccc4)cc3)c2c1CN. The lowest BCUT2D eigenvalue weighted by Crippen LogP contribution is -2.05. The monoisotopic (exact) mass is 377 g/mol. The van der Waals surface area contributed by atoms with Crippen LogP contribution in [0.5, 0.6) is 0 Å². The summed E-state index contributed by atoms with van der Waals surface area (Å²) in [7, 11) is 1.95. The molecule has 0 atom stereocenters. The van der Waals surface area contributed by atoms with E-state index in [4.69, 9.17) is 5.73 Å². The van der Waals surface area contributed by atoms with Gasteiger partial charge in [-0.15, -0.1) is 0 Å². The Morgan fingerprint density at radius 1 is 0.724 bits per heavy atom. The number of para-hydroxylation sites is 1. The maximum absolute atomic E-state index is 6.21. The number of anilines is 1. The topological polar surface area (TPSA) is 43.0 Å². The Bertz CT molecular complexity index is 1300. The number of rotatable bonds is 4. The largest absolute Gasteiger partial charge is 0.388 e. The zero-order valence-corrected chi connectivity index (χ0v) is 16.4. The summed E-state index contributed by atoms with van der Waals surface area (Å²) in [5.41, 5.74) is 14.4. The van der Waals surface area contributed by atoms with Gasteiger partial charge >= 0.3 is 0 Å². The van der Waals surface area contributed by atoms with Crippen molar-refractivity contribution in [2.75, 3.05) is 12.4 Å². The maximum atomic E-state index is 6.21. The Balaban J connectivity index is 1.79. The van der Waals surface area contributed by atoms with Crippen LogP contribution in [0.1, 0.15) is 5.56 Å². The molecule has 0 spiro atoms. The molecule has 0 aliphatic rings. The smallest absolute Gasteiger partial charge is 0.0606 e. The zero-order valence-electron chi connectivity index (χ0n) is 16.4. The molecule has 5 aromatic rings. The molecule has 0 saturated carbocycles. The van der Waals surface area contributed by atoms with E-state index < -0.39 is 0 Å². The molecule has 1 aromatic heterocycles. The molecular formula is C26H23N3. The first-order chi connectivity index (χ1) is 14.3. The Morgan fingerprint density at radius 2 is 1.41 bits per heavy atom. The minimum Gasteiger partial charge on any atom is -0.388 e. The van der Waals surface area contributed by atoms with Gasteiger partial charge in [0.05, 0.1) is 11.0 Å². The number of nitrogens with two attached hydrogens (primary N) is 1. The van der Waals surface area contributed by atoms with E-state index in [1.165, 1.54) is 32.9 Å². The minimum absolute atomic E-state index is 0.478. The molecule has 3 N–H and O–H groups in total. The van der Waals surface area contributed by atoms with Gasteiger partial charge in [0, 0.05) is 41.3 Å². The predicted octanol–water partition coefficient (Wildman–Crippen LogP) is 5.95. The van der Waals surface area contributed by atoms with Gasteiger partial charge in [0.1, 0.15) is 0 Å². The predicted molar refractivity (Wildman–Crippen MR) is 124 cm³/mol. The molecular weight excluding hydrogens is 354 g/mol. The van der Waals surface area contributed by atoms with Gasteiger partial charge in [-0.25, -0.2) is 0 Å². The van der Waals surface area contributed by atoms with Crippen molar-refractivity contribution < 1.29 is 0 Å². The van der Waals surface area contributed by atoms with Crippen molar-refractivity contribution in [1.29, 1.82) is 0 Å². The minimum atomic E-state index is 0.478. The lowest BCUT2D eigenvalue weighted by Gasteiger charge is -2.14. The third kappa shape index (κ3) is 2.79. The fraction of sp³-hybridized carbons (Fsp3) is 0.0769. The lowest BCUT2D eigenvalue weighted by atomic mass is 10.1. The molecule has 0 aliphatic heterocycles. The summed E-state index contributed by atoms with van der Waals surface area (Å²) in [6.07, 6.45) is 0. The summed E-state index contributed by atoms with van der Waals surface area (Å²) in [6.45, 7) is 0.478. The van der Waals surface area contributed by atoms with Crippen LogP contribution in [0.4, 0.5) is 5.69 Å². The van der Waals surface area contributed by atoms with Gasteiger partial charge in [0.25, 0.3) is 0 Å². The Hall–Kier alpha value is -3.56. The molecule has 5 rings (SSSR count). The van der Waals surface area contributed by atoms with Crippen molar-refractivity contribution in [3.8, 4) is 16.8 Å². The molecule has 0 fully saturated rings. The summed E-state index contributed by atoms with van der Waals surface area (Å²) in [4.78, 5) is 0. The van der Waals surface area contributed by atoms with Gasteiger partial charge in [0.2, 0.25) is 0 Å². The summed E-state index contributed by atoms with van der Waals surface area (Å²) in [5, 5.41) is 5.77. The van der Waals surface area contributed by atoms with Crippen LogP contribution in [0.2, 0.25) is 0 Å². The summed E-state index contributed by atoms with van der Waals surface area (Å²) >= 11 is 0. The normalized spacial score (nSPS) is 11.2. The Kier molecular flexibility index (Phi) is 4.30. The Labute approximate surface area is 170 Å². The summed E-state index contributed by atoms with van der Waals surface area (Å²) in [6, 6.07) is 32.1. The number of hydrogen-bond acceptors (Lipinski definition) is 2. The average Bonchev–Trinajstić information content (AvgIpc) is 3.13. The molecule has 142 valence electrons. The molecule has 4 aromatic carbocycles. The van der Waals surface area contributed by atoms with Crippen LogP contribution in [0, 0.1) is 0 Å². The second kappa shape index (κ2) is 7.12. The third-order valence-corrected chi connectivity index (χ3v) is 5.65. The molecule has 29 heavy (non-hydrogen) atoms. The van der Waals surface area contributed by atoms with Crippen LogP contribution < -0.4 is 11.1 Å². The number of aromatic nitrogens is 1. The van der Waals surface area contributed by atoms with Crippen molar-refractivity contribution in [2.45, 2.75) is 6.54 Å². The number of fused-ring (bicyclic) bond motifs is 3. The van der Waals surface area contributed by atoms with Crippen molar-refractivity contribution >= 4 is 27.5 Å². The summed E-state index contributed by atoms with van der Waals surface area (Å²) in [5.74, 6) is 0. The molecule has 3 heteroatoms. The van der Waals surface area contributed by atoms with Crippen molar-refractivity contribution in [1.82, 2.24) is 4.57 Å². The van der Waals surface area contributed by atoms with E-state index in [2.05, 4.69) is 94.8 Å². The van der Waals surface area contributed by atoms with E-state index in [0.29, 0.717) is 6.54 Å². The van der Waals surface area contributed by atoms with Gasteiger partial charge in [0.15, 0.2) is 0 Å². The van der Waals surface area contributed by atoms with Crippen molar-refractivity contribution in [3.05, 3.63) is 96.6 Å². The highest BCUT2D eigenvalue weighted by Gasteiger charge is 2.17. The molecule has 0 radical (unpaired) electrons. The van der Waals surface area contributed by atoms with Gasteiger partial charge in [-0.2, -0.15) is 0 Å². The standard InChI is InChI=1S/C26H23N3/c1-28-24-16-15-22-21-9-5-6-10-25(21)29(26(22)23(24)17-27)20-13-11-19(12-14-20)18-7-3-2-4-8-18/h2-16,28H,17,27H2,1H3. The highest BCUT2D eigenvalue weighted by atomic mass is 15.0. The first-order valence-corrected chi connectivity index (χ1v) is 9.90. The van der Waals surface area contributed by atoms with Crippen LogP contribution >= 0.6 is 0 Å². The fourth-order valence-electron chi connectivity index (χ4n) is 4.27. The van der Waals surface area contributed by atoms with E-state index in [9.17, 15) is 0 Å². The quantitative estimate of drug-likeness (QED) is 0.406. The van der Waals surface area contributed by atoms with E-state index in [-0.39, 0.29) is 0 Å². The number of nitrogens with one attached hydrogen (secondary N) is 1. The van der Waals surface area contributed by atoms with Gasteiger partial charge in [-0.3, -0.25) is 0 Å². The van der Waals surface area contributed by atoms with E-state index >= 15 is 0 Å². The van der Waals surface area contributed by atoms with E-state index in [1.54, 1.807) is 0 Å². The van der Waals surface area contributed by atoms with E-state index in [1.807, 2.05) is 13.1 Å². The highest BCUT2D eigenvalue weighted by molar-refractivity contribution is 6.11. The summed E-state index contributed by atoms with van der Waals surface area (Å²) < 4.78 is 2.34. The second-order valence-electron chi connectivity index (χ2n) is 7.21. The van der Waals surface area contributed by atoms with Crippen LogP contribution in [0.25, 0.3) is 38.6 Å². The second-order valence-corrected chi connectivity index (χ2v) is 7.21. The van der Waals surface area contributed by atoms with Gasteiger partial charge in [-0.1, -0.05) is 66.7 Å². The molecule has 1 heterocycles. The molecule has 0 saturated heterocycles.